The van der Waals surface area contributed by atoms with E-state index in [0.29, 0.717) is 30.0 Å². The van der Waals surface area contributed by atoms with Gasteiger partial charge in [0.15, 0.2) is 5.69 Å². The van der Waals surface area contributed by atoms with Crippen molar-refractivity contribution in [1.82, 2.24) is 15.0 Å². The van der Waals surface area contributed by atoms with E-state index in [1.165, 1.54) is 4.68 Å². The lowest BCUT2D eigenvalue weighted by molar-refractivity contribution is 0.0691. The Kier molecular flexibility index (Phi) is 4.54. The number of aromatic nitrogens is 3. The third-order valence-corrected chi connectivity index (χ3v) is 3.04. The first-order chi connectivity index (χ1) is 10.0. The highest BCUT2D eigenvalue weighted by Gasteiger charge is 2.21. The third kappa shape index (κ3) is 3.38. The lowest BCUT2D eigenvalue weighted by atomic mass is 10.1. The van der Waals surface area contributed by atoms with Crippen molar-refractivity contribution < 1.29 is 19.7 Å². The number of methoxy groups -OCH3 is 1. The van der Waals surface area contributed by atoms with Gasteiger partial charge in [0.2, 0.25) is 0 Å². The molecule has 2 N–H and O–H groups in total. The molecule has 0 radical (unpaired) electrons. The van der Waals surface area contributed by atoms with Crippen LogP contribution in [0, 0.1) is 0 Å². The van der Waals surface area contributed by atoms with Crippen LogP contribution >= 0.6 is 0 Å². The molecule has 7 heteroatoms. The van der Waals surface area contributed by atoms with Crippen LogP contribution in [-0.4, -0.2) is 44.4 Å². The number of aliphatic hydroxyl groups excluding tert-OH is 1. The molecule has 1 aromatic carbocycles. The zero-order valence-corrected chi connectivity index (χ0v) is 11.9. The molecule has 1 heterocycles. The summed E-state index contributed by atoms with van der Waals surface area (Å²) < 4.78 is 6.64. The highest BCUT2D eigenvalue weighted by atomic mass is 16.5. The topological polar surface area (TPSA) is 97.5 Å². The van der Waals surface area contributed by atoms with Gasteiger partial charge in [-0.05, 0) is 25.5 Å². The van der Waals surface area contributed by atoms with Crippen LogP contribution in [0.3, 0.4) is 0 Å². The van der Waals surface area contributed by atoms with E-state index < -0.39 is 12.1 Å². The summed E-state index contributed by atoms with van der Waals surface area (Å²) in [6.45, 7) is 2.05. The number of ether oxygens (including phenoxy) is 1. The Morgan fingerprint density at radius 2 is 2.24 bits per heavy atom. The first-order valence-electron chi connectivity index (χ1n) is 6.52. The number of benzene rings is 1. The number of carbonyl (C=O) groups is 1. The highest BCUT2D eigenvalue weighted by molar-refractivity contribution is 5.92. The Labute approximate surface area is 121 Å². The maximum absolute atomic E-state index is 11.3. The lowest BCUT2D eigenvalue weighted by Crippen LogP contribution is -2.10. The number of nitrogens with zero attached hydrogens (tertiary/aromatic N) is 3. The van der Waals surface area contributed by atoms with Crippen LogP contribution in [-0.2, 0) is 6.54 Å². The molecular formula is C14H17N3O4. The minimum atomic E-state index is -1.14. The van der Waals surface area contributed by atoms with Gasteiger partial charge >= 0.3 is 5.97 Å². The van der Waals surface area contributed by atoms with Gasteiger partial charge in [-0.3, -0.25) is 0 Å². The lowest BCUT2D eigenvalue weighted by Gasteiger charge is -2.09. The molecule has 1 aromatic heterocycles. The first-order valence-corrected chi connectivity index (χ1v) is 6.52. The minimum absolute atomic E-state index is 0.117. The van der Waals surface area contributed by atoms with Gasteiger partial charge in [-0.25, -0.2) is 9.48 Å². The number of aliphatic hydroxyl groups is 1. The SMILES string of the molecule is COc1cccc(-c2c(C(=O)O)nnn2CCC(C)O)c1. The molecule has 0 saturated carbocycles. The van der Waals surface area contributed by atoms with Gasteiger partial charge in [0.1, 0.15) is 11.4 Å². The fourth-order valence-electron chi connectivity index (χ4n) is 1.98. The van der Waals surface area contributed by atoms with Crippen molar-refractivity contribution in [2.75, 3.05) is 7.11 Å². The van der Waals surface area contributed by atoms with E-state index in [-0.39, 0.29) is 5.69 Å². The second-order valence-corrected chi connectivity index (χ2v) is 4.68. The summed E-state index contributed by atoms with van der Waals surface area (Å²) >= 11 is 0. The molecule has 21 heavy (non-hydrogen) atoms. The van der Waals surface area contributed by atoms with Gasteiger partial charge in [-0.1, -0.05) is 17.3 Å². The molecule has 2 aromatic rings. The third-order valence-electron chi connectivity index (χ3n) is 3.04. The van der Waals surface area contributed by atoms with Crippen LogP contribution in [0.5, 0.6) is 5.75 Å². The van der Waals surface area contributed by atoms with Crippen LogP contribution in [0.25, 0.3) is 11.3 Å². The van der Waals surface area contributed by atoms with Crippen LogP contribution in [0.2, 0.25) is 0 Å². The van der Waals surface area contributed by atoms with Gasteiger partial charge in [0.05, 0.1) is 13.2 Å². The van der Waals surface area contributed by atoms with Crippen LogP contribution in [0.4, 0.5) is 0 Å². The number of aryl methyl sites for hydroxylation is 1. The zero-order valence-electron chi connectivity index (χ0n) is 11.9. The van der Waals surface area contributed by atoms with Crippen LogP contribution in [0.1, 0.15) is 23.8 Å². The van der Waals surface area contributed by atoms with Crippen LogP contribution < -0.4 is 4.74 Å². The van der Waals surface area contributed by atoms with Crippen molar-refractivity contribution in [3.05, 3.63) is 30.0 Å². The summed E-state index contributed by atoms with van der Waals surface area (Å²) in [5.74, 6) is -0.525. The number of aromatic carboxylic acids is 1. The molecule has 2 rings (SSSR count). The van der Waals surface area contributed by atoms with Gasteiger partial charge in [0.25, 0.3) is 0 Å². The molecule has 0 saturated heterocycles. The van der Waals surface area contributed by atoms with E-state index in [0.717, 1.165) is 0 Å². The quantitative estimate of drug-likeness (QED) is 0.835. The largest absolute Gasteiger partial charge is 0.497 e. The summed E-state index contributed by atoms with van der Waals surface area (Å²) in [6, 6.07) is 7.04. The predicted molar refractivity (Wildman–Crippen MR) is 75.3 cm³/mol. The van der Waals surface area contributed by atoms with E-state index in [1.807, 2.05) is 0 Å². The van der Waals surface area contributed by atoms with E-state index in [4.69, 9.17) is 4.74 Å². The summed E-state index contributed by atoms with van der Waals surface area (Å²) in [4.78, 5) is 11.3. The molecule has 0 bridgehead atoms. The number of carboxylic acids is 1. The molecule has 0 spiro atoms. The number of hydrogen-bond acceptors (Lipinski definition) is 5. The minimum Gasteiger partial charge on any atom is -0.497 e. The Hall–Kier alpha value is -2.41. The van der Waals surface area contributed by atoms with Gasteiger partial charge in [0, 0.05) is 12.1 Å². The van der Waals surface area contributed by atoms with Crippen molar-refractivity contribution in [2.45, 2.75) is 26.0 Å². The van der Waals surface area contributed by atoms with Crippen LogP contribution in [0.15, 0.2) is 24.3 Å². The Bertz CT molecular complexity index is 637. The van der Waals surface area contributed by atoms with Crippen molar-refractivity contribution in [3.63, 3.8) is 0 Å². The average Bonchev–Trinajstić information content (AvgIpc) is 2.89. The predicted octanol–water partition coefficient (Wildman–Crippen LogP) is 1.42. The second kappa shape index (κ2) is 6.36. The molecule has 0 amide bonds. The normalized spacial score (nSPS) is 12.1. The van der Waals surface area contributed by atoms with Gasteiger partial charge < -0.3 is 14.9 Å². The molecule has 0 aliphatic heterocycles. The summed E-state index contributed by atoms with van der Waals surface area (Å²) in [7, 11) is 1.54. The first kappa shape index (κ1) is 15.0. The van der Waals surface area contributed by atoms with Gasteiger partial charge in [-0.15, -0.1) is 5.10 Å². The molecule has 1 unspecified atom stereocenters. The number of hydrogen-bond donors (Lipinski definition) is 2. The fraction of sp³-hybridized carbons (Fsp3) is 0.357. The monoisotopic (exact) mass is 291 g/mol. The summed E-state index contributed by atoms with van der Waals surface area (Å²) in [5.41, 5.74) is 0.943. The molecule has 0 fully saturated rings. The van der Waals surface area contributed by atoms with E-state index in [1.54, 1.807) is 38.3 Å². The van der Waals surface area contributed by atoms with E-state index >= 15 is 0 Å². The van der Waals surface area contributed by atoms with Crippen molar-refractivity contribution in [3.8, 4) is 17.0 Å². The number of rotatable bonds is 6. The Balaban J connectivity index is 2.47. The maximum Gasteiger partial charge on any atom is 0.358 e. The average molecular weight is 291 g/mol. The van der Waals surface area contributed by atoms with E-state index in [2.05, 4.69) is 10.3 Å². The van der Waals surface area contributed by atoms with Gasteiger partial charge in [-0.2, -0.15) is 0 Å². The summed E-state index contributed by atoms with van der Waals surface area (Å²) in [6.07, 6.45) is -0.0417. The highest BCUT2D eigenvalue weighted by Crippen LogP contribution is 2.26. The molecule has 7 nitrogen and oxygen atoms in total. The molecule has 1 atom stereocenters. The maximum atomic E-state index is 11.3. The number of carboxylic acid groups (broad SMARTS) is 1. The zero-order chi connectivity index (χ0) is 15.4. The van der Waals surface area contributed by atoms with Crippen molar-refractivity contribution in [1.29, 1.82) is 0 Å². The molecule has 0 aliphatic carbocycles. The standard InChI is InChI=1S/C14H17N3O4/c1-9(18)6-7-17-13(12(14(19)20)15-16-17)10-4-3-5-11(8-10)21-2/h3-5,8-9,18H,6-7H2,1-2H3,(H,19,20). The Morgan fingerprint density at radius 3 is 2.86 bits per heavy atom. The van der Waals surface area contributed by atoms with Crippen molar-refractivity contribution >= 4 is 5.97 Å². The van der Waals surface area contributed by atoms with Crippen molar-refractivity contribution in [2.24, 2.45) is 0 Å². The Morgan fingerprint density at radius 1 is 1.48 bits per heavy atom. The van der Waals surface area contributed by atoms with E-state index in [9.17, 15) is 15.0 Å². The molecule has 0 aliphatic rings. The molecular weight excluding hydrogens is 274 g/mol. The second-order valence-electron chi connectivity index (χ2n) is 4.68. The summed E-state index contributed by atoms with van der Waals surface area (Å²) in [5, 5.41) is 26.2. The smallest absolute Gasteiger partial charge is 0.358 e. The fourth-order valence-corrected chi connectivity index (χ4v) is 1.98. The molecule has 112 valence electrons.